The van der Waals surface area contributed by atoms with Gasteiger partial charge in [-0.1, -0.05) is 63.8 Å². The van der Waals surface area contributed by atoms with Crippen LogP contribution in [0.4, 0.5) is 4.39 Å². The van der Waals surface area contributed by atoms with Gasteiger partial charge in [0, 0.05) is 24.1 Å². The van der Waals surface area contributed by atoms with Crippen molar-refractivity contribution in [2.24, 2.45) is 5.92 Å². The van der Waals surface area contributed by atoms with Gasteiger partial charge in [0.15, 0.2) is 6.29 Å². The number of hydrogen-bond donors (Lipinski definition) is 0. The minimum absolute atomic E-state index is 0.339. The maximum atomic E-state index is 14.4. The topological polar surface area (TPSA) is 44.2 Å². The zero-order valence-electron chi connectivity index (χ0n) is 17.0. The molecule has 4 nitrogen and oxygen atoms in total. The first-order chi connectivity index (χ1) is 13.7. The molecule has 0 bridgehead atoms. The van der Waals surface area contributed by atoms with Crippen molar-refractivity contribution in [3.05, 3.63) is 47.8 Å². The Morgan fingerprint density at radius 2 is 1.71 bits per heavy atom. The summed E-state index contributed by atoms with van der Waals surface area (Å²) in [5.74, 6) is 0.589. The molecule has 0 radical (unpaired) electrons. The first-order valence-corrected chi connectivity index (χ1v) is 10.6. The van der Waals surface area contributed by atoms with Crippen LogP contribution in [0.15, 0.2) is 30.5 Å². The molecule has 1 aliphatic rings. The number of halogens is 1. The van der Waals surface area contributed by atoms with Gasteiger partial charge in [0.05, 0.1) is 18.8 Å². The van der Waals surface area contributed by atoms with Gasteiger partial charge in [0.1, 0.15) is 5.82 Å². The van der Waals surface area contributed by atoms with Crippen LogP contribution in [-0.4, -0.2) is 23.2 Å². The average molecular weight is 387 g/mol. The Bertz CT molecular complexity index is 728. The molecule has 1 aliphatic heterocycles. The van der Waals surface area contributed by atoms with E-state index in [2.05, 4.69) is 23.8 Å². The molecular weight excluding hydrogens is 355 g/mol. The molecule has 2 heterocycles. The fraction of sp³-hybridized carbons (Fsp3) is 0.565. The quantitative estimate of drug-likeness (QED) is 0.399. The van der Waals surface area contributed by atoms with E-state index in [-0.39, 0.29) is 6.29 Å². The van der Waals surface area contributed by atoms with Crippen molar-refractivity contribution in [2.45, 2.75) is 65.1 Å². The molecule has 28 heavy (non-hydrogen) atoms. The fourth-order valence-corrected chi connectivity index (χ4v) is 3.45. The minimum Gasteiger partial charge on any atom is -0.348 e. The number of nitrogens with zero attached hydrogens (tertiary/aromatic N) is 2. The molecule has 1 aromatic heterocycles. The monoisotopic (exact) mass is 386 g/mol. The number of hydrogen-bond acceptors (Lipinski definition) is 4. The molecule has 0 amide bonds. The molecule has 0 unspecified atom stereocenters. The SMILES string of the molecule is CCCCCC1COC(c2ccc(-c3cnc(CCCC)nc3F)cc2)OC1. The van der Waals surface area contributed by atoms with Crippen molar-refractivity contribution in [1.29, 1.82) is 0 Å². The summed E-state index contributed by atoms with van der Waals surface area (Å²) in [6, 6.07) is 7.62. The molecule has 1 fully saturated rings. The van der Waals surface area contributed by atoms with Crippen LogP contribution in [0.1, 0.15) is 70.1 Å². The maximum absolute atomic E-state index is 14.4. The van der Waals surface area contributed by atoms with Crippen molar-refractivity contribution >= 4 is 0 Å². The molecule has 3 rings (SSSR count). The Kier molecular flexibility index (Phi) is 7.92. The first kappa shape index (κ1) is 20.9. The summed E-state index contributed by atoms with van der Waals surface area (Å²) in [5.41, 5.74) is 2.14. The van der Waals surface area contributed by atoms with Crippen molar-refractivity contribution in [2.75, 3.05) is 13.2 Å². The highest BCUT2D eigenvalue weighted by Gasteiger charge is 2.23. The van der Waals surface area contributed by atoms with E-state index in [1.165, 1.54) is 19.3 Å². The third kappa shape index (κ3) is 5.58. The number of rotatable bonds is 9. The summed E-state index contributed by atoms with van der Waals surface area (Å²) < 4.78 is 26.2. The van der Waals surface area contributed by atoms with Gasteiger partial charge in [-0.3, -0.25) is 0 Å². The third-order valence-electron chi connectivity index (χ3n) is 5.22. The summed E-state index contributed by atoms with van der Waals surface area (Å²) in [4.78, 5) is 8.32. The van der Waals surface area contributed by atoms with E-state index in [9.17, 15) is 4.39 Å². The first-order valence-electron chi connectivity index (χ1n) is 10.6. The van der Waals surface area contributed by atoms with Crippen LogP contribution in [0, 0.1) is 11.9 Å². The van der Waals surface area contributed by atoms with E-state index in [4.69, 9.17) is 9.47 Å². The lowest BCUT2D eigenvalue weighted by Crippen LogP contribution is -2.27. The summed E-state index contributed by atoms with van der Waals surface area (Å²) in [6.45, 7) is 5.78. The smallest absolute Gasteiger partial charge is 0.224 e. The van der Waals surface area contributed by atoms with E-state index in [0.717, 1.165) is 43.6 Å². The highest BCUT2D eigenvalue weighted by molar-refractivity contribution is 5.62. The highest BCUT2D eigenvalue weighted by atomic mass is 19.1. The maximum Gasteiger partial charge on any atom is 0.224 e. The predicted molar refractivity (Wildman–Crippen MR) is 108 cm³/mol. The number of aromatic nitrogens is 2. The molecule has 0 atom stereocenters. The van der Waals surface area contributed by atoms with Crippen molar-refractivity contribution in [3.63, 3.8) is 0 Å². The Labute approximate surface area is 167 Å². The second kappa shape index (κ2) is 10.6. The van der Waals surface area contributed by atoms with Gasteiger partial charge in [-0.2, -0.15) is 4.39 Å². The van der Waals surface area contributed by atoms with Gasteiger partial charge in [-0.25, -0.2) is 9.97 Å². The zero-order chi connectivity index (χ0) is 19.8. The molecule has 2 aromatic rings. The van der Waals surface area contributed by atoms with Crippen molar-refractivity contribution in [1.82, 2.24) is 9.97 Å². The molecular formula is C23H31FN2O2. The van der Waals surface area contributed by atoms with Crippen LogP contribution in [0.5, 0.6) is 0 Å². The molecule has 152 valence electrons. The third-order valence-corrected chi connectivity index (χ3v) is 5.22. The summed E-state index contributed by atoms with van der Waals surface area (Å²) in [7, 11) is 0. The second-order valence-corrected chi connectivity index (χ2v) is 7.58. The standard InChI is InChI=1S/C23H31FN2O2/c1-3-5-7-8-17-15-27-23(28-16-17)19-12-10-18(11-13-19)20-14-25-21(9-6-4-2)26-22(20)24/h10-14,17,23H,3-9,15-16H2,1-2H3. The summed E-state index contributed by atoms with van der Waals surface area (Å²) >= 11 is 0. The largest absolute Gasteiger partial charge is 0.348 e. The fourth-order valence-electron chi connectivity index (χ4n) is 3.45. The molecule has 5 heteroatoms. The van der Waals surface area contributed by atoms with E-state index < -0.39 is 5.95 Å². The number of unbranched alkanes of at least 4 members (excludes halogenated alkanes) is 3. The normalized spacial score (nSPS) is 19.7. The van der Waals surface area contributed by atoms with E-state index in [1.807, 2.05) is 24.3 Å². The highest BCUT2D eigenvalue weighted by Crippen LogP contribution is 2.29. The molecule has 0 aliphatic carbocycles. The van der Waals surface area contributed by atoms with Crippen LogP contribution in [-0.2, 0) is 15.9 Å². The van der Waals surface area contributed by atoms with Gasteiger partial charge in [0.25, 0.3) is 0 Å². The second-order valence-electron chi connectivity index (χ2n) is 7.58. The number of benzene rings is 1. The van der Waals surface area contributed by atoms with Gasteiger partial charge >= 0.3 is 0 Å². The van der Waals surface area contributed by atoms with Gasteiger partial charge in [0.2, 0.25) is 5.95 Å². The van der Waals surface area contributed by atoms with Crippen LogP contribution in [0.3, 0.4) is 0 Å². The van der Waals surface area contributed by atoms with Gasteiger partial charge in [-0.15, -0.1) is 0 Å². The Morgan fingerprint density at radius 1 is 1.00 bits per heavy atom. The molecule has 0 spiro atoms. The number of ether oxygens (including phenoxy) is 2. The summed E-state index contributed by atoms with van der Waals surface area (Å²) in [6.07, 6.45) is 8.85. The minimum atomic E-state index is -0.464. The van der Waals surface area contributed by atoms with Crippen LogP contribution < -0.4 is 0 Å². The molecule has 0 saturated carbocycles. The van der Waals surface area contributed by atoms with Crippen LogP contribution >= 0.6 is 0 Å². The lowest BCUT2D eigenvalue weighted by Gasteiger charge is -2.29. The Balaban J connectivity index is 1.58. The van der Waals surface area contributed by atoms with Gasteiger partial charge < -0.3 is 9.47 Å². The van der Waals surface area contributed by atoms with Crippen molar-refractivity contribution < 1.29 is 13.9 Å². The Morgan fingerprint density at radius 3 is 2.36 bits per heavy atom. The van der Waals surface area contributed by atoms with Gasteiger partial charge in [-0.05, 0) is 18.4 Å². The Hall–Kier alpha value is -1.85. The lowest BCUT2D eigenvalue weighted by molar-refractivity contribution is -0.206. The summed E-state index contributed by atoms with van der Waals surface area (Å²) in [5, 5.41) is 0. The molecule has 1 aromatic carbocycles. The van der Waals surface area contributed by atoms with Crippen LogP contribution in [0.2, 0.25) is 0 Å². The van der Waals surface area contributed by atoms with E-state index in [1.54, 1.807) is 6.20 Å². The predicted octanol–water partition coefficient (Wildman–Crippen LogP) is 5.87. The average Bonchev–Trinajstić information content (AvgIpc) is 2.73. The van der Waals surface area contributed by atoms with E-state index >= 15 is 0 Å². The molecule has 0 N–H and O–H groups in total. The van der Waals surface area contributed by atoms with E-state index in [0.29, 0.717) is 23.7 Å². The number of aryl methyl sites for hydroxylation is 1. The lowest BCUT2D eigenvalue weighted by atomic mass is 10.0. The van der Waals surface area contributed by atoms with Crippen LogP contribution in [0.25, 0.3) is 11.1 Å². The zero-order valence-corrected chi connectivity index (χ0v) is 17.0. The van der Waals surface area contributed by atoms with Crippen molar-refractivity contribution in [3.8, 4) is 11.1 Å². The molecule has 1 saturated heterocycles.